The van der Waals surface area contributed by atoms with Crippen LogP contribution in [0.5, 0.6) is 0 Å². The quantitative estimate of drug-likeness (QED) is 0.451. The lowest BCUT2D eigenvalue weighted by Gasteiger charge is -2.36. The molecular weight excluding hydrogens is 227 g/mol. The summed E-state index contributed by atoms with van der Waals surface area (Å²) < 4.78 is 22.3. The molecule has 2 rings (SSSR count). The number of hydrogen-bond donors (Lipinski definition) is 0. The van der Waals surface area contributed by atoms with Gasteiger partial charge in [-0.25, -0.2) is 4.39 Å². The summed E-state index contributed by atoms with van der Waals surface area (Å²) in [6.07, 6.45) is 0. The Morgan fingerprint density at radius 3 is 2.29 bits per heavy atom. The molecule has 0 saturated carbocycles. The molecule has 0 aliphatic carbocycles. The molecule has 0 unspecified atom stereocenters. The summed E-state index contributed by atoms with van der Waals surface area (Å²) in [4.78, 5) is 23.8. The highest BCUT2D eigenvalue weighted by Gasteiger charge is 2.53. The number of Topliss-reactive ketones (excluding diaryl/α,β-unsaturated/α-hetero) is 1. The molecule has 0 amide bonds. The van der Waals surface area contributed by atoms with Crippen LogP contribution in [0.2, 0.25) is 0 Å². The number of esters is 1. The summed E-state index contributed by atoms with van der Waals surface area (Å²) in [5, 5.41) is 0. The van der Waals surface area contributed by atoms with Crippen molar-refractivity contribution >= 4 is 11.8 Å². The van der Waals surface area contributed by atoms with Crippen LogP contribution in [0.15, 0.2) is 24.3 Å². The Morgan fingerprint density at radius 1 is 1.29 bits per heavy atom. The molecule has 1 saturated heterocycles. The molecule has 1 heterocycles. The van der Waals surface area contributed by atoms with Crippen molar-refractivity contribution in [1.29, 1.82) is 0 Å². The monoisotopic (exact) mass is 238 g/mol. The molecule has 0 N–H and O–H groups in total. The highest BCUT2D eigenvalue weighted by molar-refractivity contribution is 6.13. The number of halogens is 1. The minimum atomic E-state index is -1.26. The van der Waals surface area contributed by atoms with Crippen molar-refractivity contribution in [3.8, 4) is 0 Å². The van der Waals surface area contributed by atoms with Gasteiger partial charge in [-0.2, -0.15) is 0 Å². The van der Waals surface area contributed by atoms with E-state index in [2.05, 4.69) is 4.74 Å². The van der Waals surface area contributed by atoms with Crippen molar-refractivity contribution in [3.63, 3.8) is 0 Å². The largest absolute Gasteiger partial charge is 0.468 e. The van der Waals surface area contributed by atoms with Gasteiger partial charge in [-0.05, 0) is 24.3 Å². The first kappa shape index (κ1) is 11.7. The normalized spacial score (nSPS) is 17.1. The maximum absolute atomic E-state index is 12.7. The van der Waals surface area contributed by atoms with E-state index >= 15 is 0 Å². The number of benzene rings is 1. The lowest BCUT2D eigenvalue weighted by molar-refractivity contribution is -0.172. The van der Waals surface area contributed by atoms with Crippen LogP contribution in [0, 0.1) is 11.2 Å². The fourth-order valence-electron chi connectivity index (χ4n) is 1.72. The summed E-state index contributed by atoms with van der Waals surface area (Å²) in [7, 11) is 1.22. The van der Waals surface area contributed by atoms with Crippen molar-refractivity contribution in [2.24, 2.45) is 5.41 Å². The van der Waals surface area contributed by atoms with E-state index in [-0.39, 0.29) is 18.8 Å². The van der Waals surface area contributed by atoms with Crippen molar-refractivity contribution in [3.05, 3.63) is 35.6 Å². The Hall–Kier alpha value is -1.75. The highest BCUT2D eigenvalue weighted by atomic mass is 19.1. The van der Waals surface area contributed by atoms with Crippen LogP contribution in [-0.4, -0.2) is 32.1 Å². The van der Waals surface area contributed by atoms with E-state index in [4.69, 9.17) is 4.74 Å². The molecule has 1 aromatic rings. The molecule has 0 aromatic heterocycles. The van der Waals surface area contributed by atoms with Crippen LogP contribution in [0.3, 0.4) is 0 Å². The first-order valence-electron chi connectivity index (χ1n) is 5.07. The summed E-state index contributed by atoms with van der Waals surface area (Å²) in [5.74, 6) is -1.44. The second-order valence-electron chi connectivity index (χ2n) is 3.90. The van der Waals surface area contributed by atoms with Gasteiger partial charge in [0.1, 0.15) is 5.82 Å². The molecule has 4 nitrogen and oxygen atoms in total. The number of methoxy groups -OCH3 is 1. The van der Waals surface area contributed by atoms with Gasteiger partial charge in [-0.15, -0.1) is 0 Å². The van der Waals surface area contributed by atoms with Gasteiger partial charge in [0.2, 0.25) is 0 Å². The Kier molecular flexibility index (Phi) is 2.93. The van der Waals surface area contributed by atoms with Crippen LogP contribution >= 0.6 is 0 Å². The Labute approximate surface area is 97.3 Å². The molecule has 1 fully saturated rings. The number of ketones is 1. The average Bonchev–Trinajstić information content (AvgIpc) is 2.28. The van der Waals surface area contributed by atoms with Crippen molar-refractivity contribution in [2.45, 2.75) is 0 Å². The minimum Gasteiger partial charge on any atom is -0.468 e. The molecule has 0 atom stereocenters. The first-order valence-corrected chi connectivity index (χ1v) is 5.07. The van der Waals surface area contributed by atoms with E-state index in [9.17, 15) is 14.0 Å². The van der Waals surface area contributed by atoms with Gasteiger partial charge in [0.15, 0.2) is 11.2 Å². The average molecular weight is 238 g/mol. The molecule has 1 aliphatic rings. The maximum atomic E-state index is 12.7. The zero-order chi connectivity index (χ0) is 12.5. The molecule has 0 radical (unpaired) electrons. The van der Waals surface area contributed by atoms with Gasteiger partial charge in [0.25, 0.3) is 0 Å². The molecule has 0 bridgehead atoms. The molecule has 5 heteroatoms. The lowest BCUT2D eigenvalue weighted by atomic mass is 9.78. The van der Waals surface area contributed by atoms with Gasteiger partial charge in [0, 0.05) is 5.56 Å². The first-order chi connectivity index (χ1) is 8.10. The number of carbonyl (C=O) groups excluding carboxylic acids is 2. The number of hydrogen-bond acceptors (Lipinski definition) is 4. The number of carbonyl (C=O) groups is 2. The van der Waals surface area contributed by atoms with Crippen molar-refractivity contribution < 1.29 is 23.5 Å². The van der Waals surface area contributed by atoms with E-state index in [1.807, 2.05) is 0 Å². The second-order valence-corrected chi connectivity index (χ2v) is 3.90. The van der Waals surface area contributed by atoms with E-state index in [0.717, 1.165) is 0 Å². The standard InChI is InChI=1S/C12H11FO4/c1-16-11(15)12(6-17-7-12)10(14)8-2-4-9(13)5-3-8/h2-5H,6-7H2,1H3. The van der Waals surface area contributed by atoms with Gasteiger partial charge >= 0.3 is 5.97 Å². The number of ether oxygens (including phenoxy) is 2. The van der Waals surface area contributed by atoms with E-state index in [1.165, 1.54) is 31.4 Å². The predicted molar refractivity (Wildman–Crippen MR) is 56.0 cm³/mol. The van der Waals surface area contributed by atoms with Gasteiger partial charge < -0.3 is 9.47 Å². The Bertz CT molecular complexity index is 448. The number of rotatable bonds is 3. The molecule has 0 spiro atoms. The van der Waals surface area contributed by atoms with Gasteiger partial charge in [-0.1, -0.05) is 0 Å². The third-order valence-electron chi connectivity index (χ3n) is 2.81. The molecule has 17 heavy (non-hydrogen) atoms. The summed E-state index contributed by atoms with van der Waals surface area (Å²) in [5.41, 5.74) is -0.979. The van der Waals surface area contributed by atoms with Crippen LogP contribution < -0.4 is 0 Å². The summed E-state index contributed by atoms with van der Waals surface area (Å²) >= 11 is 0. The van der Waals surface area contributed by atoms with Crippen LogP contribution in [-0.2, 0) is 14.3 Å². The third kappa shape index (κ3) is 1.82. The smallest absolute Gasteiger partial charge is 0.324 e. The van der Waals surface area contributed by atoms with Crippen LogP contribution in [0.4, 0.5) is 4.39 Å². The van der Waals surface area contributed by atoms with Crippen molar-refractivity contribution in [2.75, 3.05) is 20.3 Å². The van der Waals surface area contributed by atoms with Gasteiger partial charge in [0.05, 0.1) is 20.3 Å². The fraction of sp³-hybridized carbons (Fsp3) is 0.333. The van der Waals surface area contributed by atoms with Crippen LogP contribution in [0.1, 0.15) is 10.4 Å². The van der Waals surface area contributed by atoms with E-state index in [1.54, 1.807) is 0 Å². The van der Waals surface area contributed by atoms with Gasteiger partial charge in [-0.3, -0.25) is 9.59 Å². The SMILES string of the molecule is COC(=O)C1(C(=O)c2ccc(F)cc2)COC1. The minimum absolute atomic E-state index is 0.00980. The Balaban J connectivity index is 2.29. The predicted octanol–water partition coefficient (Wildman–Crippen LogP) is 1.20. The van der Waals surface area contributed by atoms with E-state index < -0.39 is 23.0 Å². The molecule has 1 aromatic carbocycles. The maximum Gasteiger partial charge on any atom is 0.324 e. The van der Waals surface area contributed by atoms with Crippen LogP contribution in [0.25, 0.3) is 0 Å². The lowest BCUT2D eigenvalue weighted by Crippen LogP contribution is -2.55. The van der Waals surface area contributed by atoms with E-state index in [0.29, 0.717) is 0 Å². The fourth-order valence-corrected chi connectivity index (χ4v) is 1.72. The third-order valence-corrected chi connectivity index (χ3v) is 2.81. The van der Waals surface area contributed by atoms with Crippen molar-refractivity contribution in [1.82, 2.24) is 0 Å². The topological polar surface area (TPSA) is 52.6 Å². The molecule has 90 valence electrons. The zero-order valence-electron chi connectivity index (χ0n) is 9.23. The Morgan fingerprint density at radius 2 is 1.88 bits per heavy atom. The second kappa shape index (κ2) is 4.25. The highest BCUT2D eigenvalue weighted by Crippen LogP contribution is 2.33. The zero-order valence-corrected chi connectivity index (χ0v) is 9.23. The summed E-state index contributed by atoms with van der Waals surface area (Å²) in [6.45, 7) is 0.0196. The summed E-state index contributed by atoms with van der Waals surface area (Å²) in [6, 6.07) is 5.05. The molecule has 1 aliphatic heterocycles. The molecular formula is C12H11FO4.